The van der Waals surface area contributed by atoms with Gasteiger partial charge in [0.05, 0.1) is 23.1 Å². The van der Waals surface area contributed by atoms with E-state index in [0.717, 1.165) is 17.0 Å². The van der Waals surface area contributed by atoms with Gasteiger partial charge in [-0.2, -0.15) is 13.2 Å². The molecule has 0 aliphatic rings. The van der Waals surface area contributed by atoms with E-state index in [1.807, 2.05) is 25.9 Å². The average molecular weight is 534 g/mol. The van der Waals surface area contributed by atoms with Gasteiger partial charge in [-0.25, -0.2) is 14.9 Å². The molecule has 196 valence electrons. The van der Waals surface area contributed by atoms with Crippen molar-refractivity contribution in [1.82, 2.24) is 20.2 Å². The molecule has 2 aromatic carbocycles. The molecule has 0 fully saturated rings. The van der Waals surface area contributed by atoms with Crippen molar-refractivity contribution in [2.75, 3.05) is 19.0 Å². The fraction of sp³-hybridized carbons (Fsp3) is 0.308. The Bertz CT molecular complexity index is 1240. The first-order valence-electron chi connectivity index (χ1n) is 11.5. The first kappa shape index (κ1) is 28.1. The zero-order valence-electron chi connectivity index (χ0n) is 20.6. The van der Waals surface area contributed by atoms with Crippen LogP contribution in [-0.4, -0.2) is 46.9 Å². The summed E-state index contributed by atoms with van der Waals surface area (Å²) in [5.41, 5.74) is 0.420. The maximum atomic E-state index is 13.3. The van der Waals surface area contributed by atoms with E-state index in [1.165, 1.54) is 18.3 Å². The summed E-state index contributed by atoms with van der Waals surface area (Å²) in [4.78, 5) is 37.4. The fourth-order valence-electron chi connectivity index (χ4n) is 3.62. The summed E-state index contributed by atoms with van der Waals surface area (Å²) in [7, 11) is 3.66. The Morgan fingerprint density at radius 1 is 1.05 bits per heavy atom. The van der Waals surface area contributed by atoms with Crippen molar-refractivity contribution in [2.45, 2.75) is 38.5 Å². The van der Waals surface area contributed by atoms with E-state index < -0.39 is 17.6 Å². The maximum absolute atomic E-state index is 13.3. The summed E-state index contributed by atoms with van der Waals surface area (Å²) in [6.07, 6.45) is -2.93. The smallest absolute Gasteiger partial charge is 0.341 e. The molecule has 1 unspecified atom stereocenters. The van der Waals surface area contributed by atoms with Crippen molar-refractivity contribution in [3.8, 4) is 11.3 Å². The molecule has 1 atom stereocenters. The normalized spacial score (nSPS) is 12.3. The van der Waals surface area contributed by atoms with E-state index in [0.29, 0.717) is 22.7 Å². The van der Waals surface area contributed by atoms with Crippen LogP contribution >= 0.6 is 11.6 Å². The highest BCUT2D eigenvalue weighted by molar-refractivity contribution is 6.30. The number of carbonyl (C=O) groups excluding carboxylic acids is 2. The summed E-state index contributed by atoms with van der Waals surface area (Å²) >= 11 is 6.09. The standard InChI is InChI=1S/C26H27ClF3N5O2/c1-4-22(34(2)3)33-23(36)12-13-24(37)35(20-10-8-18(9-11-20)26(28,29)30)25-31-15-14-21(32-25)17-6-5-7-19(27)16-17/h5-11,14-16,22H,4,12-13H2,1-3H3,(H,33,36). The zero-order valence-corrected chi connectivity index (χ0v) is 21.3. The van der Waals surface area contributed by atoms with Crippen LogP contribution in [0.1, 0.15) is 31.7 Å². The number of alkyl halides is 3. The highest BCUT2D eigenvalue weighted by Crippen LogP contribution is 2.32. The molecule has 11 heteroatoms. The molecule has 1 N–H and O–H groups in total. The molecule has 0 saturated carbocycles. The summed E-state index contributed by atoms with van der Waals surface area (Å²) in [5, 5.41) is 3.34. The molecule has 0 aliphatic carbocycles. The molecule has 3 aromatic rings. The maximum Gasteiger partial charge on any atom is 0.416 e. The third-order valence-corrected chi connectivity index (χ3v) is 5.80. The summed E-state index contributed by atoms with van der Waals surface area (Å²) in [6.45, 7) is 1.92. The number of nitrogens with one attached hydrogen (secondary N) is 1. The number of amides is 2. The predicted molar refractivity (Wildman–Crippen MR) is 136 cm³/mol. The van der Waals surface area contributed by atoms with Crippen LogP contribution in [-0.2, 0) is 15.8 Å². The monoisotopic (exact) mass is 533 g/mol. The quantitative estimate of drug-likeness (QED) is 0.358. The second kappa shape index (κ2) is 12.2. The molecule has 0 spiro atoms. The Kier molecular flexibility index (Phi) is 9.23. The molecular weight excluding hydrogens is 507 g/mol. The molecule has 0 bridgehead atoms. The summed E-state index contributed by atoms with van der Waals surface area (Å²) in [6, 6.07) is 12.7. The number of anilines is 2. The van der Waals surface area contributed by atoms with Crippen molar-refractivity contribution >= 4 is 35.1 Å². The minimum atomic E-state index is -4.53. The lowest BCUT2D eigenvalue weighted by Crippen LogP contribution is -2.44. The number of aromatic nitrogens is 2. The molecule has 0 aliphatic heterocycles. The number of benzene rings is 2. The Morgan fingerprint density at radius 2 is 1.76 bits per heavy atom. The molecule has 1 aromatic heterocycles. The predicted octanol–water partition coefficient (Wildman–Crippen LogP) is 5.67. The van der Waals surface area contributed by atoms with Crippen LogP contribution in [0.5, 0.6) is 0 Å². The molecule has 1 heterocycles. The first-order chi connectivity index (χ1) is 17.5. The molecule has 7 nitrogen and oxygen atoms in total. The second-order valence-electron chi connectivity index (χ2n) is 8.48. The van der Waals surface area contributed by atoms with Crippen LogP contribution in [0.25, 0.3) is 11.3 Å². The van der Waals surface area contributed by atoms with Gasteiger partial charge in [-0.3, -0.25) is 14.5 Å². The molecule has 0 radical (unpaired) electrons. The lowest BCUT2D eigenvalue weighted by Gasteiger charge is -2.24. The Balaban J connectivity index is 1.92. The fourth-order valence-corrected chi connectivity index (χ4v) is 3.81. The van der Waals surface area contributed by atoms with Gasteiger partial charge in [-0.1, -0.05) is 30.7 Å². The lowest BCUT2D eigenvalue weighted by atomic mass is 10.1. The van der Waals surface area contributed by atoms with Crippen molar-refractivity contribution < 1.29 is 22.8 Å². The summed E-state index contributed by atoms with van der Waals surface area (Å²) < 4.78 is 39.3. The SMILES string of the molecule is CCC(NC(=O)CCC(=O)N(c1ccc(C(F)(F)F)cc1)c1nccc(-c2cccc(Cl)c2)n1)N(C)C. The van der Waals surface area contributed by atoms with Gasteiger partial charge in [0, 0.05) is 29.6 Å². The largest absolute Gasteiger partial charge is 0.416 e. The molecule has 2 amide bonds. The average Bonchev–Trinajstić information content (AvgIpc) is 2.86. The highest BCUT2D eigenvalue weighted by Gasteiger charge is 2.31. The second-order valence-corrected chi connectivity index (χ2v) is 8.92. The van der Waals surface area contributed by atoms with E-state index >= 15 is 0 Å². The van der Waals surface area contributed by atoms with Gasteiger partial charge >= 0.3 is 6.18 Å². The first-order valence-corrected chi connectivity index (χ1v) is 11.9. The molecule has 3 rings (SSSR count). The zero-order chi connectivity index (χ0) is 27.2. The minimum absolute atomic E-state index is 0.0395. The van der Waals surface area contributed by atoms with Crippen molar-refractivity contribution in [2.24, 2.45) is 0 Å². The van der Waals surface area contributed by atoms with Crippen LogP contribution in [0.3, 0.4) is 0 Å². The van der Waals surface area contributed by atoms with Crippen molar-refractivity contribution in [3.05, 3.63) is 71.4 Å². The number of carbonyl (C=O) groups is 2. The van der Waals surface area contributed by atoms with E-state index in [4.69, 9.17) is 11.6 Å². The number of halogens is 4. The van der Waals surface area contributed by atoms with E-state index in [9.17, 15) is 22.8 Å². The summed E-state index contributed by atoms with van der Waals surface area (Å²) in [5.74, 6) is -0.909. The molecule has 37 heavy (non-hydrogen) atoms. The van der Waals surface area contributed by atoms with Crippen LogP contribution < -0.4 is 10.2 Å². The van der Waals surface area contributed by atoms with E-state index in [-0.39, 0.29) is 36.6 Å². The van der Waals surface area contributed by atoms with Gasteiger partial charge in [-0.05, 0) is 63.0 Å². The lowest BCUT2D eigenvalue weighted by molar-refractivity contribution is -0.137. The van der Waals surface area contributed by atoms with Crippen molar-refractivity contribution in [1.29, 1.82) is 0 Å². The number of hydrogen-bond acceptors (Lipinski definition) is 5. The van der Waals surface area contributed by atoms with Crippen LogP contribution in [0.15, 0.2) is 60.8 Å². The Labute approximate surface area is 218 Å². The van der Waals surface area contributed by atoms with Gasteiger partial charge in [0.15, 0.2) is 0 Å². The van der Waals surface area contributed by atoms with Crippen LogP contribution in [0, 0.1) is 0 Å². The van der Waals surface area contributed by atoms with Gasteiger partial charge < -0.3 is 5.32 Å². The topological polar surface area (TPSA) is 78.4 Å². The van der Waals surface area contributed by atoms with Gasteiger partial charge in [0.25, 0.3) is 0 Å². The van der Waals surface area contributed by atoms with E-state index in [1.54, 1.807) is 30.3 Å². The Morgan fingerprint density at radius 3 is 2.35 bits per heavy atom. The molecular formula is C26H27ClF3N5O2. The number of rotatable bonds is 9. The highest BCUT2D eigenvalue weighted by atomic mass is 35.5. The van der Waals surface area contributed by atoms with E-state index in [2.05, 4.69) is 15.3 Å². The third-order valence-electron chi connectivity index (χ3n) is 5.57. The minimum Gasteiger partial charge on any atom is -0.341 e. The Hall–Kier alpha value is -3.50. The van der Waals surface area contributed by atoms with Gasteiger partial charge in [0.2, 0.25) is 17.8 Å². The van der Waals surface area contributed by atoms with Gasteiger partial charge in [-0.15, -0.1) is 0 Å². The van der Waals surface area contributed by atoms with Crippen LogP contribution in [0.2, 0.25) is 5.02 Å². The van der Waals surface area contributed by atoms with Crippen molar-refractivity contribution in [3.63, 3.8) is 0 Å². The van der Waals surface area contributed by atoms with Crippen LogP contribution in [0.4, 0.5) is 24.8 Å². The third kappa shape index (κ3) is 7.50. The van der Waals surface area contributed by atoms with Gasteiger partial charge in [0.1, 0.15) is 0 Å². The molecule has 0 saturated heterocycles. The number of hydrogen-bond donors (Lipinski definition) is 1. The number of nitrogens with zero attached hydrogens (tertiary/aromatic N) is 4.